The van der Waals surface area contributed by atoms with Gasteiger partial charge in [-0.2, -0.15) is 0 Å². The monoisotopic (exact) mass is 376 g/mol. The third kappa shape index (κ3) is 9.49. The molecule has 0 aromatic rings. The molecule has 2 nitrogen and oxygen atoms in total. The minimum absolute atomic E-state index is 0.153. The molecule has 0 saturated heterocycles. The fourth-order valence-electron chi connectivity index (χ4n) is 2.19. The maximum atomic E-state index is 10.7. The Balaban J connectivity index is 5.28. The molecule has 0 unspecified atom stereocenters. The van der Waals surface area contributed by atoms with Gasteiger partial charge in [0.05, 0.1) is 6.10 Å². The van der Waals surface area contributed by atoms with E-state index in [1.54, 1.807) is 0 Å². The van der Waals surface area contributed by atoms with Gasteiger partial charge < -0.3 is 4.43 Å². The van der Waals surface area contributed by atoms with E-state index in [1.807, 2.05) is 19.1 Å². The molecule has 0 radical (unpaired) electrons. The maximum Gasteiger partial charge on any atom is 0.192 e. The highest BCUT2D eigenvalue weighted by molar-refractivity contribution is 6.74. The van der Waals surface area contributed by atoms with E-state index >= 15 is 0 Å². The van der Waals surface area contributed by atoms with Crippen molar-refractivity contribution in [3.63, 3.8) is 0 Å². The van der Waals surface area contributed by atoms with Crippen molar-refractivity contribution < 1.29 is 9.22 Å². The van der Waals surface area contributed by atoms with Gasteiger partial charge in [-0.3, -0.25) is 4.79 Å². The van der Waals surface area contributed by atoms with E-state index in [-0.39, 0.29) is 11.1 Å². The third-order valence-electron chi connectivity index (χ3n) is 5.18. The van der Waals surface area contributed by atoms with Gasteiger partial charge in [-0.15, -0.1) is 0 Å². The van der Waals surface area contributed by atoms with Crippen molar-refractivity contribution >= 4 is 14.6 Å². The van der Waals surface area contributed by atoms with Gasteiger partial charge in [-0.05, 0) is 76.2 Å². The molecule has 0 N–H and O–H groups in total. The molecule has 0 aliphatic carbocycles. The Kier molecular flexibility index (Phi) is 11.0. The summed E-state index contributed by atoms with van der Waals surface area (Å²) in [4.78, 5) is 10.7. The van der Waals surface area contributed by atoms with Crippen LogP contribution in [-0.2, 0) is 9.22 Å². The smallest absolute Gasteiger partial charge is 0.192 e. The molecule has 0 fully saturated rings. The summed E-state index contributed by atoms with van der Waals surface area (Å²) >= 11 is 0. The number of hydrogen-bond donors (Lipinski definition) is 0. The van der Waals surface area contributed by atoms with Gasteiger partial charge >= 0.3 is 0 Å². The molecule has 148 valence electrons. The van der Waals surface area contributed by atoms with Crippen LogP contribution in [0.5, 0.6) is 0 Å². The van der Waals surface area contributed by atoms with Gasteiger partial charge in [0, 0.05) is 0 Å². The second-order valence-corrected chi connectivity index (χ2v) is 13.5. The number of hydrogen-bond acceptors (Lipinski definition) is 2. The van der Waals surface area contributed by atoms with Gasteiger partial charge in [0.1, 0.15) is 6.29 Å². The van der Waals surface area contributed by atoms with Crippen LogP contribution in [0.4, 0.5) is 0 Å². The van der Waals surface area contributed by atoms with E-state index in [0.29, 0.717) is 0 Å². The van der Waals surface area contributed by atoms with Crippen LogP contribution in [0.3, 0.4) is 0 Å². The number of carbonyl (C=O) groups excluding carboxylic acids is 1. The molecule has 0 spiro atoms. The molecule has 1 atom stereocenters. The molecule has 0 amide bonds. The van der Waals surface area contributed by atoms with Crippen molar-refractivity contribution in [3.8, 4) is 0 Å². The summed E-state index contributed by atoms with van der Waals surface area (Å²) in [5.74, 6) is 0. The number of aldehydes is 1. The molecule has 0 aromatic carbocycles. The van der Waals surface area contributed by atoms with Crippen molar-refractivity contribution in [2.75, 3.05) is 0 Å². The molecule has 0 saturated carbocycles. The predicted molar refractivity (Wildman–Crippen MR) is 118 cm³/mol. The Labute approximate surface area is 163 Å². The van der Waals surface area contributed by atoms with Crippen molar-refractivity contribution in [3.05, 3.63) is 47.1 Å². The second kappa shape index (κ2) is 11.5. The normalized spacial score (nSPS) is 16.3. The lowest BCUT2D eigenvalue weighted by atomic mass is 10.0. The lowest BCUT2D eigenvalue weighted by Gasteiger charge is -2.39. The number of carbonyl (C=O) groups is 1. The Bertz CT molecular complexity index is 557. The number of allylic oxidation sites excluding steroid dienone is 7. The molecular weight excluding hydrogens is 336 g/mol. The topological polar surface area (TPSA) is 26.3 Å². The Morgan fingerprint density at radius 3 is 2.23 bits per heavy atom. The molecular formula is C23H40O2Si. The van der Waals surface area contributed by atoms with Crippen LogP contribution < -0.4 is 0 Å². The Hall–Kier alpha value is -1.19. The summed E-state index contributed by atoms with van der Waals surface area (Å²) in [6, 6.07) is 0. The van der Waals surface area contributed by atoms with Crippen LogP contribution in [0.2, 0.25) is 18.1 Å². The largest absolute Gasteiger partial charge is 0.410 e. The van der Waals surface area contributed by atoms with Crippen LogP contribution in [0.25, 0.3) is 0 Å². The van der Waals surface area contributed by atoms with Gasteiger partial charge in [-0.25, -0.2) is 0 Å². The van der Waals surface area contributed by atoms with Crippen molar-refractivity contribution in [2.24, 2.45) is 0 Å². The van der Waals surface area contributed by atoms with E-state index < -0.39 is 8.32 Å². The predicted octanol–water partition coefficient (Wildman–Crippen LogP) is 7.16. The molecule has 26 heavy (non-hydrogen) atoms. The van der Waals surface area contributed by atoms with Gasteiger partial charge in [0.2, 0.25) is 0 Å². The lowest BCUT2D eigenvalue weighted by Crippen LogP contribution is -2.44. The highest BCUT2D eigenvalue weighted by Gasteiger charge is 2.39. The molecule has 0 aromatic heterocycles. The zero-order valence-electron chi connectivity index (χ0n) is 18.5. The fraction of sp³-hybridized carbons (Fsp3) is 0.609. The minimum atomic E-state index is -1.83. The summed E-state index contributed by atoms with van der Waals surface area (Å²) in [6.07, 6.45) is 14.4. The third-order valence-corrected chi connectivity index (χ3v) is 9.67. The van der Waals surface area contributed by atoms with E-state index in [0.717, 1.165) is 31.1 Å². The van der Waals surface area contributed by atoms with Crippen LogP contribution in [0.15, 0.2) is 47.1 Å². The van der Waals surface area contributed by atoms with Crippen molar-refractivity contribution in [2.45, 2.75) is 92.0 Å². The number of rotatable bonds is 10. The van der Waals surface area contributed by atoms with Gasteiger partial charge in [0.15, 0.2) is 8.32 Å². The van der Waals surface area contributed by atoms with Crippen LogP contribution >= 0.6 is 0 Å². The maximum absolute atomic E-state index is 10.7. The Morgan fingerprint density at radius 2 is 1.73 bits per heavy atom. The van der Waals surface area contributed by atoms with E-state index in [1.165, 1.54) is 11.1 Å². The van der Waals surface area contributed by atoms with Crippen molar-refractivity contribution in [1.29, 1.82) is 0 Å². The summed E-state index contributed by atoms with van der Waals surface area (Å²) in [7, 11) is -1.83. The van der Waals surface area contributed by atoms with Gasteiger partial charge in [-0.1, -0.05) is 56.7 Å². The standard InChI is InChI=1S/C23H40O2Si/c1-10-11-12-13-21(4)22(25-26(8,9)23(5,6)7)17-16-19(2)14-15-20(3)18-24/h10-11,13-15,18,22H,12,16-17H2,1-9H3/b11-10+,19-14+,20-15+,21-13-/t22-/m1/s1. The highest BCUT2D eigenvalue weighted by atomic mass is 28.4. The molecule has 3 heteroatoms. The van der Waals surface area contributed by atoms with Gasteiger partial charge in [0.25, 0.3) is 0 Å². The van der Waals surface area contributed by atoms with Crippen LogP contribution in [0, 0.1) is 0 Å². The molecule has 0 aliphatic rings. The average Bonchev–Trinajstić information content (AvgIpc) is 2.55. The first-order valence-electron chi connectivity index (χ1n) is 9.69. The molecule has 0 bridgehead atoms. The molecule has 0 heterocycles. The first-order chi connectivity index (χ1) is 11.9. The second-order valence-electron chi connectivity index (χ2n) is 8.70. The first-order valence-corrected chi connectivity index (χ1v) is 12.6. The molecule has 0 rings (SSSR count). The van der Waals surface area contributed by atoms with E-state index in [2.05, 4.69) is 72.9 Å². The highest BCUT2D eigenvalue weighted by Crippen LogP contribution is 2.38. The first kappa shape index (κ1) is 24.8. The average molecular weight is 377 g/mol. The summed E-state index contributed by atoms with van der Waals surface area (Å²) in [5.41, 5.74) is 3.34. The fourth-order valence-corrected chi connectivity index (χ4v) is 3.56. The Morgan fingerprint density at radius 1 is 1.12 bits per heavy atom. The van der Waals surface area contributed by atoms with Crippen LogP contribution in [0.1, 0.15) is 67.7 Å². The molecule has 0 aliphatic heterocycles. The zero-order chi connectivity index (χ0) is 20.4. The summed E-state index contributed by atoms with van der Waals surface area (Å²) < 4.78 is 6.74. The lowest BCUT2D eigenvalue weighted by molar-refractivity contribution is -0.104. The zero-order valence-corrected chi connectivity index (χ0v) is 19.5. The quantitative estimate of drug-likeness (QED) is 0.133. The SMILES string of the molecule is C/C=C/C/C=C(/C)[C@@H](CC/C(C)=C/C=C(\C)C=O)O[Si](C)(C)C(C)(C)C. The van der Waals surface area contributed by atoms with Crippen LogP contribution in [-0.4, -0.2) is 20.7 Å². The summed E-state index contributed by atoms with van der Waals surface area (Å²) in [6.45, 7) is 19.7. The van der Waals surface area contributed by atoms with E-state index in [9.17, 15) is 4.79 Å². The minimum Gasteiger partial charge on any atom is -0.410 e. The van der Waals surface area contributed by atoms with E-state index in [4.69, 9.17) is 4.43 Å². The summed E-state index contributed by atoms with van der Waals surface area (Å²) in [5, 5.41) is 0.198. The van der Waals surface area contributed by atoms with Crippen molar-refractivity contribution in [1.82, 2.24) is 0 Å².